The van der Waals surface area contributed by atoms with Crippen molar-refractivity contribution in [3.05, 3.63) is 17.5 Å². The Morgan fingerprint density at radius 2 is 2.18 bits per heavy atom. The highest BCUT2D eigenvalue weighted by molar-refractivity contribution is 6.11. The summed E-state index contributed by atoms with van der Waals surface area (Å²) in [6, 6.07) is 0. The molecule has 92 valence electrons. The van der Waals surface area contributed by atoms with Gasteiger partial charge < -0.3 is 0 Å². The van der Waals surface area contributed by atoms with Gasteiger partial charge in [0.05, 0.1) is 17.2 Å². The maximum Gasteiger partial charge on any atom is 0.176 e. The first-order chi connectivity index (χ1) is 8.09. The zero-order valence-corrected chi connectivity index (χ0v) is 10.4. The molecule has 0 saturated heterocycles. The fraction of sp³-hybridized carbons (Fsp3) is 0.615. The molecule has 2 rings (SSSR count). The molecule has 0 spiro atoms. The second-order valence-corrected chi connectivity index (χ2v) is 4.78. The van der Waals surface area contributed by atoms with E-state index in [9.17, 15) is 9.59 Å². The van der Waals surface area contributed by atoms with Crippen molar-refractivity contribution in [2.45, 2.75) is 39.0 Å². The Labute approximate surface area is 101 Å². The molecule has 0 N–H and O–H groups in total. The van der Waals surface area contributed by atoms with Crippen molar-refractivity contribution < 1.29 is 9.59 Å². The van der Waals surface area contributed by atoms with E-state index in [-0.39, 0.29) is 11.6 Å². The number of ketones is 2. The molecule has 1 aromatic rings. The molecular formula is C13H18N2O2. The van der Waals surface area contributed by atoms with E-state index in [1.54, 1.807) is 17.9 Å². The average molecular weight is 234 g/mol. The molecule has 1 saturated carbocycles. The molecule has 0 amide bonds. The molecule has 0 aromatic carbocycles. The highest BCUT2D eigenvalue weighted by Gasteiger charge is 2.30. The molecule has 1 unspecified atom stereocenters. The maximum absolute atomic E-state index is 12.3. The Morgan fingerprint density at radius 1 is 1.41 bits per heavy atom. The van der Waals surface area contributed by atoms with E-state index in [1.165, 1.54) is 0 Å². The van der Waals surface area contributed by atoms with Crippen LogP contribution in [-0.4, -0.2) is 21.3 Å². The van der Waals surface area contributed by atoms with Crippen LogP contribution in [0.5, 0.6) is 0 Å². The van der Waals surface area contributed by atoms with Crippen molar-refractivity contribution in [1.82, 2.24) is 9.78 Å². The van der Waals surface area contributed by atoms with Crippen LogP contribution >= 0.6 is 0 Å². The third-order valence-electron chi connectivity index (χ3n) is 3.40. The minimum atomic E-state index is -0.430. The van der Waals surface area contributed by atoms with Gasteiger partial charge in [0.1, 0.15) is 5.78 Å². The summed E-state index contributed by atoms with van der Waals surface area (Å²) >= 11 is 0. The second-order valence-electron chi connectivity index (χ2n) is 4.78. The number of carbonyl (C=O) groups is 2. The zero-order chi connectivity index (χ0) is 12.4. The van der Waals surface area contributed by atoms with Crippen LogP contribution in [0, 0.1) is 12.8 Å². The first-order valence-electron chi connectivity index (χ1n) is 6.17. The number of Topliss-reactive ketones (excluding diaryl/α,β-unsaturated/α-hetero) is 2. The van der Waals surface area contributed by atoms with Gasteiger partial charge in [-0.05, 0) is 19.8 Å². The molecule has 1 aromatic heterocycles. The summed E-state index contributed by atoms with van der Waals surface area (Å²) in [5.74, 6) is -0.362. The highest BCUT2D eigenvalue weighted by Crippen LogP contribution is 2.24. The van der Waals surface area contributed by atoms with Gasteiger partial charge in [-0.3, -0.25) is 14.3 Å². The molecule has 1 atom stereocenters. The van der Waals surface area contributed by atoms with Crippen LogP contribution < -0.4 is 0 Å². The summed E-state index contributed by atoms with van der Waals surface area (Å²) in [6.45, 7) is 1.81. The summed E-state index contributed by atoms with van der Waals surface area (Å²) < 4.78 is 1.63. The monoisotopic (exact) mass is 234 g/mol. The van der Waals surface area contributed by atoms with E-state index in [1.807, 2.05) is 6.92 Å². The zero-order valence-electron chi connectivity index (χ0n) is 10.4. The highest BCUT2D eigenvalue weighted by atomic mass is 16.2. The lowest BCUT2D eigenvalue weighted by Gasteiger charge is -2.10. The van der Waals surface area contributed by atoms with E-state index in [4.69, 9.17) is 0 Å². The molecule has 0 bridgehead atoms. The van der Waals surface area contributed by atoms with Crippen LogP contribution in [0.15, 0.2) is 6.20 Å². The standard InChI is InChI=1S/C13H18N2O2/c1-9-11(8-15(2)14-9)13(17)10-6-4-3-5-7-12(10)16/h8,10H,3-7H2,1-2H3. The number of hydrogen-bond acceptors (Lipinski definition) is 3. The molecule has 4 nitrogen and oxygen atoms in total. The van der Waals surface area contributed by atoms with Gasteiger partial charge in [0.15, 0.2) is 5.78 Å². The molecular weight excluding hydrogens is 216 g/mol. The lowest BCUT2D eigenvalue weighted by Crippen LogP contribution is -2.23. The Balaban J connectivity index is 2.24. The Hall–Kier alpha value is -1.45. The predicted molar refractivity (Wildman–Crippen MR) is 63.9 cm³/mol. The minimum absolute atomic E-state index is 0.0394. The molecule has 1 aliphatic rings. The number of rotatable bonds is 2. The number of aryl methyl sites for hydroxylation is 2. The SMILES string of the molecule is Cc1nn(C)cc1C(=O)C1CCCCCC1=O. The summed E-state index contributed by atoms with van der Waals surface area (Å²) in [5.41, 5.74) is 1.32. The molecule has 1 aliphatic carbocycles. The second kappa shape index (κ2) is 4.82. The fourth-order valence-electron chi connectivity index (χ4n) is 2.47. The van der Waals surface area contributed by atoms with Crippen LogP contribution in [0.1, 0.15) is 48.2 Å². The maximum atomic E-state index is 12.3. The van der Waals surface area contributed by atoms with Crippen LogP contribution in [0.2, 0.25) is 0 Å². The summed E-state index contributed by atoms with van der Waals surface area (Å²) in [6.07, 6.45) is 5.93. The Morgan fingerprint density at radius 3 is 2.82 bits per heavy atom. The first kappa shape index (κ1) is 12.0. The number of hydrogen-bond donors (Lipinski definition) is 0. The average Bonchev–Trinajstić information content (AvgIpc) is 2.49. The van der Waals surface area contributed by atoms with E-state index in [2.05, 4.69) is 5.10 Å². The summed E-state index contributed by atoms with van der Waals surface area (Å²) in [5, 5.41) is 4.16. The van der Waals surface area contributed by atoms with Gasteiger partial charge >= 0.3 is 0 Å². The molecule has 17 heavy (non-hydrogen) atoms. The summed E-state index contributed by atoms with van der Waals surface area (Å²) in [7, 11) is 1.79. The molecule has 0 radical (unpaired) electrons. The topological polar surface area (TPSA) is 52.0 Å². The van der Waals surface area contributed by atoms with Crippen LogP contribution in [0.4, 0.5) is 0 Å². The third kappa shape index (κ3) is 2.46. The normalized spacial score (nSPS) is 21.3. The van der Waals surface area contributed by atoms with Crippen molar-refractivity contribution in [2.75, 3.05) is 0 Å². The Kier molecular flexibility index (Phi) is 3.41. The van der Waals surface area contributed by atoms with Crippen molar-refractivity contribution >= 4 is 11.6 Å². The van der Waals surface area contributed by atoms with Crippen molar-refractivity contribution in [3.63, 3.8) is 0 Å². The van der Waals surface area contributed by atoms with Crippen LogP contribution in [0.25, 0.3) is 0 Å². The van der Waals surface area contributed by atoms with Crippen molar-refractivity contribution in [2.24, 2.45) is 13.0 Å². The van der Waals surface area contributed by atoms with Gasteiger partial charge in [-0.15, -0.1) is 0 Å². The van der Waals surface area contributed by atoms with Gasteiger partial charge in [-0.2, -0.15) is 5.10 Å². The lowest BCUT2D eigenvalue weighted by atomic mass is 9.90. The quantitative estimate of drug-likeness (QED) is 0.447. The first-order valence-corrected chi connectivity index (χ1v) is 6.17. The van der Waals surface area contributed by atoms with Crippen LogP contribution in [-0.2, 0) is 11.8 Å². The molecule has 0 aliphatic heterocycles. The molecule has 1 heterocycles. The van der Waals surface area contributed by atoms with Gasteiger partial charge in [0.2, 0.25) is 0 Å². The predicted octanol–water partition coefficient (Wildman–Crippen LogP) is 2.06. The van der Waals surface area contributed by atoms with E-state index in [0.29, 0.717) is 18.4 Å². The summed E-state index contributed by atoms with van der Waals surface area (Å²) in [4.78, 5) is 24.2. The number of nitrogens with zero attached hydrogens (tertiary/aromatic N) is 2. The van der Waals surface area contributed by atoms with Gasteiger partial charge in [-0.1, -0.05) is 12.8 Å². The molecule has 4 heteroatoms. The van der Waals surface area contributed by atoms with Gasteiger partial charge in [0.25, 0.3) is 0 Å². The fourth-order valence-corrected chi connectivity index (χ4v) is 2.47. The minimum Gasteiger partial charge on any atom is -0.299 e. The van der Waals surface area contributed by atoms with Gasteiger partial charge in [0, 0.05) is 19.7 Å². The number of aromatic nitrogens is 2. The third-order valence-corrected chi connectivity index (χ3v) is 3.40. The number of carbonyl (C=O) groups excluding carboxylic acids is 2. The van der Waals surface area contributed by atoms with E-state index >= 15 is 0 Å². The lowest BCUT2D eigenvalue weighted by molar-refractivity contribution is -0.121. The van der Waals surface area contributed by atoms with E-state index < -0.39 is 5.92 Å². The smallest absolute Gasteiger partial charge is 0.176 e. The largest absolute Gasteiger partial charge is 0.299 e. The van der Waals surface area contributed by atoms with Crippen molar-refractivity contribution in [3.8, 4) is 0 Å². The van der Waals surface area contributed by atoms with Crippen LogP contribution in [0.3, 0.4) is 0 Å². The Bertz CT molecular complexity index is 448. The molecule has 1 fully saturated rings. The van der Waals surface area contributed by atoms with Gasteiger partial charge in [-0.25, -0.2) is 0 Å². The van der Waals surface area contributed by atoms with Crippen molar-refractivity contribution in [1.29, 1.82) is 0 Å². The van der Waals surface area contributed by atoms with E-state index in [0.717, 1.165) is 25.0 Å².